The molecule has 3 heteroatoms. The van der Waals surface area contributed by atoms with Gasteiger partial charge in [-0.2, -0.15) is 0 Å². The van der Waals surface area contributed by atoms with Crippen LogP contribution in [0.2, 0.25) is 0 Å². The average Bonchev–Trinajstić information content (AvgIpc) is 3.81. The van der Waals surface area contributed by atoms with E-state index in [0.29, 0.717) is 0 Å². The molecule has 1 aliphatic carbocycles. The zero-order valence-electron chi connectivity index (χ0n) is 31.7. The fourth-order valence-electron chi connectivity index (χ4n) is 9.03. The maximum Gasteiger partial charge on any atom is 0.115 e. The number of nitrogens with zero attached hydrogens (tertiary/aromatic N) is 1. The maximum absolute atomic E-state index is 7.72. The minimum atomic E-state index is -1.19. The molecule has 1 atom stereocenters. The lowest BCUT2D eigenvalue weighted by atomic mass is 9.81. The minimum absolute atomic E-state index is 0.323. The third-order valence-electron chi connectivity index (χ3n) is 11.5. The Morgan fingerprint density at radius 1 is 0.397 bits per heavy atom. The number of hydrogen-bond acceptors (Lipinski definition) is 1. The quantitative estimate of drug-likeness (QED) is 0.141. The van der Waals surface area contributed by atoms with Gasteiger partial charge < -0.3 is 9.09 Å². The van der Waals surface area contributed by atoms with E-state index in [0.717, 1.165) is 11.3 Å². The van der Waals surface area contributed by atoms with E-state index in [2.05, 4.69) is 229 Å². The highest BCUT2D eigenvalue weighted by Crippen LogP contribution is 2.58. The molecule has 1 aliphatic rings. The van der Waals surface area contributed by atoms with Gasteiger partial charge in [-0.3, -0.25) is 0 Å². The van der Waals surface area contributed by atoms with Crippen LogP contribution in [-0.2, 0) is 4.52 Å². The Bertz CT molecular complexity index is 3030. The van der Waals surface area contributed by atoms with Crippen LogP contribution in [0.3, 0.4) is 0 Å². The van der Waals surface area contributed by atoms with Gasteiger partial charge in [-0.1, -0.05) is 200 Å². The summed E-state index contributed by atoms with van der Waals surface area (Å²) < 4.78 is 10.2. The van der Waals surface area contributed by atoms with E-state index in [9.17, 15) is 0 Å². The molecule has 0 bridgehead atoms. The highest BCUT2D eigenvalue weighted by Gasteiger charge is 2.38. The summed E-state index contributed by atoms with van der Waals surface area (Å²) in [6.45, 7) is 0. The molecule has 0 saturated carbocycles. The molecule has 58 heavy (non-hydrogen) atoms. The fraction of sp³-hybridized carbons (Fsp3) is 0.0182. The lowest BCUT2D eigenvalue weighted by molar-refractivity contribution is 0.290. The molecule has 2 nitrogen and oxygen atoms in total. The summed E-state index contributed by atoms with van der Waals surface area (Å²) in [4.78, 5) is 0. The Hall–Kier alpha value is -6.83. The Balaban J connectivity index is 1.28. The SMILES string of the molecule is c1ccc(-c2cc3c(c(-c4ccccc4)c2-c2cccc4c5ccccc5n(-c5ccccc5)c24)C(OP(c2ccccc2)c2ccccc2)c2ccccc2-3)cc1. The molecule has 1 unspecified atom stereocenters. The highest BCUT2D eigenvalue weighted by molar-refractivity contribution is 7.68. The predicted molar refractivity (Wildman–Crippen MR) is 245 cm³/mol. The Labute approximate surface area is 340 Å². The van der Waals surface area contributed by atoms with Gasteiger partial charge in [-0.15, -0.1) is 0 Å². The molecule has 0 spiro atoms. The first kappa shape index (κ1) is 34.4. The van der Waals surface area contributed by atoms with Gasteiger partial charge in [0.25, 0.3) is 0 Å². The summed E-state index contributed by atoms with van der Waals surface area (Å²) >= 11 is 0. The summed E-state index contributed by atoms with van der Waals surface area (Å²) in [6.07, 6.45) is -0.323. The van der Waals surface area contributed by atoms with Gasteiger partial charge in [-0.05, 0) is 68.8 Å². The molecule has 0 fully saturated rings. The molecule has 10 aromatic rings. The molecular weight excluding hydrogens is 722 g/mol. The molecule has 9 aromatic carbocycles. The first-order valence-electron chi connectivity index (χ1n) is 19.9. The second-order valence-electron chi connectivity index (χ2n) is 14.8. The van der Waals surface area contributed by atoms with E-state index in [-0.39, 0.29) is 6.10 Å². The van der Waals surface area contributed by atoms with Gasteiger partial charge in [0, 0.05) is 38.2 Å². The Morgan fingerprint density at radius 3 is 1.62 bits per heavy atom. The Morgan fingerprint density at radius 2 is 0.931 bits per heavy atom. The van der Waals surface area contributed by atoms with Crippen molar-refractivity contribution in [1.29, 1.82) is 0 Å². The van der Waals surface area contributed by atoms with Crippen LogP contribution in [0.25, 0.3) is 72.0 Å². The first-order chi connectivity index (χ1) is 28.8. The van der Waals surface area contributed by atoms with Gasteiger partial charge in [0.2, 0.25) is 0 Å². The van der Waals surface area contributed by atoms with Crippen LogP contribution in [0.4, 0.5) is 0 Å². The van der Waals surface area contributed by atoms with E-state index >= 15 is 0 Å². The maximum atomic E-state index is 7.72. The summed E-state index contributed by atoms with van der Waals surface area (Å²) in [7, 11) is -1.19. The number of hydrogen-bond donors (Lipinski definition) is 0. The number of rotatable bonds is 8. The number of benzene rings is 9. The van der Waals surface area contributed by atoms with Gasteiger partial charge in [-0.25, -0.2) is 0 Å². The number of para-hydroxylation sites is 3. The molecule has 274 valence electrons. The molecular formula is C55H38NOP. The molecule has 1 aromatic heterocycles. The first-order valence-corrected chi connectivity index (χ1v) is 21.2. The third-order valence-corrected chi connectivity index (χ3v) is 13.4. The van der Waals surface area contributed by atoms with Crippen LogP contribution in [-0.4, -0.2) is 4.57 Å². The normalized spacial score (nSPS) is 13.2. The molecule has 1 heterocycles. The van der Waals surface area contributed by atoms with Gasteiger partial charge in [0.15, 0.2) is 0 Å². The zero-order valence-corrected chi connectivity index (χ0v) is 32.6. The van der Waals surface area contributed by atoms with Crippen molar-refractivity contribution in [2.75, 3.05) is 0 Å². The lowest BCUT2D eigenvalue weighted by Gasteiger charge is -2.28. The van der Waals surface area contributed by atoms with E-state index in [4.69, 9.17) is 4.52 Å². The summed E-state index contributed by atoms with van der Waals surface area (Å²) in [5.74, 6) is 0. The van der Waals surface area contributed by atoms with Crippen LogP contribution in [0, 0.1) is 0 Å². The second kappa shape index (κ2) is 14.6. The van der Waals surface area contributed by atoms with E-state index in [1.165, 1.54) is 82.5 Å². The second-order valence-corrected chi connectivity index (χ2v) is 16.6. The van der Waals surface area contributed by atoms with Crippen molar-refractivity contribution < 1.29 is 4.52 Å². The lowest BCUT2D eigenvalue weighted by Crippen LogP contribution is -2.16. The van der Waals surface area contributed by atoms with Crippen molar-refractivity contribution in [3.8, 4) is 50.2 Å². The summed E-state index contributed by atoms with van der Waals surface area (Å²) in [5, 5.41) is 4.84. The summed E-state index contributed by atoms with van der Waals surface area (Å²) in [6, 6.07) is 81.3. The highest BCUT2D eigenvalue weighted by atomic mass is 31.1. The smallest absolute Gasteiger partial charge is 0.115 e. The minimum Gasteiger partial charge on any atom is -0.337 e. The number of fused-ring (bicyclic) bond motifs is 6. The van der Waals surface area contributed by atoms with Crippen molar-refractivity contribution in [1.82, 2.24) is 4.57 Å². The van der Waals surface area contributed by atoms with Crippen LogP contribution in [0.15, 0.2) is 224 Å². The fourth-order valence-corrected chi connectivity index (χ4v) is 10.9. The van der Waals surface area contributed by atoms with Crippen molar-refractivity contribution in [2.24, 2.45) is 0 Å². The van der Waals surface area contributed by atoms with Crippen molar-refractivity contribution >= 4 is 40.6 Å². The van der Waals surface area contributed by atoms with Gasteiger partial charge in [0.1, 0.15) is 6.10 Å². The van der Waals surface area contributed by atoms with Crippen LogP contribution in [0.1, 0.15) is 17.2 Å². The molecule has 0 amide bonds. The monoisotopic (exact) mass is 759 g/mol. The van der Waals surface area contributed by atoms with E-state index in [1.54, 1.807) is 0 Å². The molecule has 0 aliphatic heterocycles. The van der Waals surface area contributed by atoms with Crippen LogP contribution >= 0.6 is 8.15 Å². The summed E-state index contributed by atoms with van der Waals surface area (Å²) in [5.41, 5.74) is 15.5. The van der Waals surface area contributed by atoms with Crippen molar-refractivity contribution in [3.63, 3.8) is 0 Å². The average molecular weight is 760 g/mol. The number of aromatic nitrogens is 1. The van der Waals surface area contributed by atoms with Gasteiger partial charge >= 0.3 is 0 Å². The predicted octanol–water partition coefficient (Wildman–Crippen LogP) is 13.9. The van der Waals surface area contributed by atoms with Crippen molar-refractivity contribution in [3.05, 3.63) is 236 Å². The van der Waals surface area contributed by atoms with E-state index in [1.807, 2.05) is 0 Å². The van der Waals surface area contributed by atoms with Gasteiger partial charge in [0.05, 0.1) is 19.2 Å². The zero-order chi connectivity index (χ0) is 38.4. The molecule has 11 rings (SSSR count). The van der Waals surface area contributed by atoms with Crippen LogP contribution < -0.4 is 10.6 Å². The molecule has 0 saturated heterocycles. The standard InChI is InChI=1S/C55H38NOP/c1-6-21-38(22-7-1)48-37-49-43-31-16-17-33-46(43)55(57-58(41-27-12-4-13-28-41)42-29-14-5-15-30-42)53(49)51(39-23-8-2-9-24-39)52(48)47-35-20-34-45-44-32-18-19-36-50(44)56(54(45)47)40-25-10-3-11-26-40/h1-37,55H. The third kappa shape index (κ3) is 5.72. The Kier molecular flexibility index (Phi) is 8.66. The molecule has 0 radical (unpaired) electrons. The molecule has 0 N–H and O–H groups in total. The van der Waals surface area contributed by atoms with Crippen molar-refractivity contribution in [2.45, 2.75) is 6.10 Å². The van der Waals surface area contributed by atoms with E-state index < -0.39 is 8.15 Å². The topological polar surface area (TPSA) is 14.2 Å². The largest absolute Gasteiger partial charge is 0.337 e. The van der Waals surface area contributed by atoms with Crippen LogP contribution in [0.5, 0.6) is 0 Å².